The van der Waals surface area contributed by atoms with E-state index in [0.717, 1.165) is 24.1 Å². The van der Waals surface area contributed by atoms with Crippen LogP contribution >= 0.6 is 11.6 Å². The molecule has 0 saturated heterocycles. The Labute approximate surface area is 159 Å². The molecule has 1 N–H and O–H groups in total. The highest BCUT2D eigenvalue weighted by molar-refractivity contribution is 6.31. The molecule has 1 heterocycles. The summed E-state index contributed by atoms with van der Waals surface area (Å²) in [4.78, 5) is 22.9. The molecule has 1 amide bonds. The van der Waals surface area contributed by atoms with E-state index in [1.54, 1.807) is 38.1 Å². The Kier molecular flexibility index (Phi) is 6.80. The smallest absolute Gasteiger partial charge is 0.272 e. The van der Waals surface area contributed by atoms with Gasteiger partial charge in [-0.15, -0.1) is 0 Å². The highest BCUT2D eigenvalue weighted by atomic mass is 35.5. The van der Waals surface area contributed by atoms with Crippen LogP contribution in [0, 0.1) is 13.8 Å². The Hall–Kier alpha value is -2.34. The number of hydrogen-bond acceptors (Lipinski definition) is 5. The normalized spacial score (nSPS) is 10.5. The largest absolute Gasteiger partial charge is 0.495 e. The molecule has 1 aromatic heterocycles. The minimum Gasteiger partial charge on any atom is -0.495 e. The van der Waals surface area contributed by atoms with E-state index in [1.165, 1.54) is 0 Å². The summed E-state index contributed by atoms with van der Waals surface area (Å²) >= 11 is 6.15. The summed E-state index contributed by atoms with van der Waals surface area (Å²) < 4.78 is 5.38. The number of anilines is 2. The predicted octanol–water partition coefficient (Wildman–Crippen LogP) is 4.37. The number of ether oxygens (including phenoxy) is 1. The van der Waals surface area contributed by atoms with Gasteiger partial charge in [0.2, 0.25) is 0 Å². The van der Waals surface area contributed by atoms with Gasteiger partial charge in [-0.2, -0.15) is 0 Å². The Morgan fingerprint density at radius 2 is 2.00 bits per heavy atom. The van der Waals surface area contributed by atoms with Crippen LogP contribution in [0.25, 0.3) is 0 Å². The fourth-order valence-corrected chi connectivity index (χ4v) is 2.66. The fraction of sp³-hybridized carbons (Fsp3) is 0.421. The van der Waals surface area contributed by atoms with Crippen molar-refractivity contribution in [2.75, 3.05) is 26.0 Å². The molecule has 6 nitrogen and oxygen atoms in total. The molecule has 0 aliphatic rings. The van der Waals surface area contributed by atoms with Gasteiger partial charge >= 0.3 is 0 Å². The quantitative estimate of drug-likeness (QED) is 0.777. The second-order valence-electron chi connectivity index (χ2n) is 6.19. The van der Waals surface area contributed by atoms with E-state index >= 15 is 0 Å². The number of rotatable bonds is 7. The number of aryl methyl sites for hydroxylation is 2. The molecule has 26 heavy (non-hydrogen) atoms. The number of amides is 1. The van der Waals surface area contributed by atoms with Crippen LogP contribution in [0.1, 0.15) is 41.6 Å². The van der Waals surface area contributed by atoms with E-state index in [2.05, 4.69) is 22.2 Å². The van der Waals surface area contributed by atoms with Crippen LogP contribution in [0.5, 0.6) is 5.75 Å². The molecule has 0 saturated carbocycles. The summed E-state index contributed by atoms with van der Waals surface area (Å²) in [7, 11) is 3.36. The lowest BCUT2D eigenvalue weighted by molar-refractivity contribution is 0.0787. The number of halogens is 1. The van der Waals surface area contributed by atoms with Crippen LogP contribution in [0.15, 0.2) is 18.2 Å². The first kappa shape index (κ1) is 20.0. The third-order valence-corrected chi connectivity index (χ3v) is 4.40. The Balaban J connectivity index is 2.30. The molecule has 2 aromatic rings. The monoisotopic (exact) mass is 376 g/mol. The predicted molar refractivity (Wildman–Crippen MR) is 105 cm³/mol. The number of carbonyl (C=O) groups is 1. The molecule has 1 aromatic carbocycles. The molecular weight excluding hydrogens is 352 g/mol. The van der Waals surface area contributed by atoms with Gasteiger partial charge < -0.3 is 15.0 Å². The lowest BCUT2D eigenvalue weighted by atomic mass is 10.2. The van der Waals surface area contributed by atoms with E-state index in [1.807, 2.05) is 13.0 Å². The number of benzene rings is 1. The van der Waals surface area contributed by atoms with E-state index in [-0.39, 0.29) is 5.91 Å². The third-order valence-electron chi connectivity index (χ3n) is 3.99. The van der Waals surface area contributed by atoms with Crippen LogP contribution in [0.3, 0.4) is 0 Å². The van der Waals surface area contributed by atoms with Gasteiger partial charge in [0.15, 0.2) is 0 Å². The second kappa shape index (κ2) is 8.85. The lowest BCUT2D eigenvalue weighted by Crippen LogP contribution is -2.28. The van der Waals surface area contributed by atoms with Crippen molar-refractivity contribution in [2.45, 2.75) is 33.6 Å². The Morgan fingerprint density at radius 1 is 1.27 bits per heavy atom. The Bertz CT molecular complexity index is 795. The van der Waals surface area contributed by atoms with Crippen molar-refractivity contribution in [2.24, 2.45) is 0 Å². The molecular formula is C19H25ClN4O2. The van der Waals surface area contributed by atoms with Gasteiger partial charge in [-0.3, -0.25) is 4.79 Å². The van der Waals surface area contributed by atoms with Gasteiger partial charge in [0, 0.05) is 30.7 Å². The first-order valence-electron chi connectivity index (χ1n) is 8.58. The standard InChI is InChI=1S/C19H25ClN4O2/c1-6-7-8-24(4)19(25)16-11-18(22-13(3)21-16)23-15-9-12(2)14(20)10-17(15)26-5/h9-11H,6-8H2,1-5H3,(H,21,22,23). The maximum absolute atomic E-state index is 12.6. The van der Waals surface area contributed by atoms with E-state index in [9.17, 15) is 4.79 Å². The van der Waals surface area contributed by atoms with Gasteiger partial charge in [0.1, 0.15) is 23.1 Å². The molecule has 0 fully saturated rings. The van der Waals surface area contributed by atoms with Gasteiger partial charge in [-0.25, -0.2) is 9.97 Å². The second-order valence-corrected chi connectivity index (χ2v) is 6.60. The summed E-state index contributed by atoms with van der Waals surface area (Å²) in [5, 5.41) is 3.83. The third kappa shape index (κ3) is 4.85. The van der Waals surface area contributed by atoms with Crippen molar-refractivity contribution in [1.82, 2.24) is 14.9 Å². The zero-order valence-corrected chi connectivity index (χ0v) is 16.6. The average Bonchev–Trinajstić information content (AvgIpc) is 2.61. The van der Waals surface area contributed by atoms with Crippen LogP contribution < -0.4 is 10.1 Å². The summed E-state index contributed by atoms with van der Waals surface area (Å²) in [5.41, 5.74) is 2.00. The summed E-state index contributed by atoms with van der Waals surface area (Å²) in [6.45, 7) is 6.47. The average molecular weight is 377 g/mol. The highest BCUT2D eigenvalue weighted by Gasteiger charge is 2.16. The first-order chi connectivity index (χ1) is 12.3. The number of nitrogens with one attached hydrogen (secondary N) is 1. The van der Waals surface area contributed by atoms with Crippen LogP contribution in [-0.2, 0) is 0 Å². The summed E-state index contributed by atoms with van der Waals surface area (Å²) in [6.07, 6.45) is 1.99. The van der Waals surface area contributed by atoms with Crippen LogP contribution in [0.2, 0.25) is 5.02 Å². The molecule has 2 rings (SSSR count). The summed E-state index contributed by atoms with van der Waals surface area (Å²) in [6, 6.07) is 5.28. The molecule has 7 heteroatoms. The molecule has 0 aliphatic carbocycles. The van der Waals surface area contributed by atoms with Crippen LogP contribution in [0.4, 0.5) is 11.5 Å². The molecule has 0 aliphatic heterocycles. The molecule has 0 unspecified atom stereocenters. The van der Waals surface area contributed by atoms with Crippen molar-refractivity contribution in [3.63, 3.8) is 0 Å². The number of methoxy groups -OCH3 is 1. The summed E-state index contributed by atoms with van der Waals surface area (Å²) in [5.74, 6) is 1.53. The molecule has 0 radical (unpaired) electrons. The number of unbranched alkanes of at least 4 members (excludes halogenated alkanes) is 1. The maximum atomic E-state index is 12.6. The minimum atomic E-state index is -0.119. The number of carbonyl (C=O) groups excluding carboxylic acids is 1. The van der Waals surface area contributed by atoms with E-state index in [0.29, 0.717) is 34.7 Å². The van der Waals surface area contributed by atoms with Crippen molar-refractivity contribution < 1.29 is 9.53 Å². The van der Waals surface area contributed by atoms with Crippen molar-refractivity contribution in [3.05, 3.63) is 40.3 Å². The SMILES string of the molecule is CCCCN(C)C(=O)c1cc(Nc2cc(C)c(Cl)cc2OC)nc(C)n1. The molecule has 0 spiro atoms. The van der Waals surface area contributed by atoms with Gasteiger partial charge in [0.05, 0.1) is 12.8 Å². The van der Waals surface area contributed by atoms with E-state index in [4.69, 9.17) is 16.3 Å². The molecule has 0 atom stereocenters. The van der Waals surface area contributed by atoms with Crippen molar-refractivity contribution in [3.8, 4) is 5.75 Å². The van der Waals surface area contributed by atoms with Crippen molar-refractivity contribution in [1.29, 1.82) is 0 Å². The number of aromatic nitrogens is 2. The van der Waals surface area contributed by atoms with Gasteiger partial charge in [0.25, 0.3) is 5.91 Å². The van der Waals surface area contributed by atoms with Crippen LogP contribution in [-0.4, -0.2) is 41.5 Å². The fourth-order valence-electron chi connectivity index (χ4n) is 2.50. The van der Waals surface area contributed by atoms with Gasteiger partial charge in [-0.05, 0) is 31.9 Å². The molecule has 0 bridgehead atoms. The first-order valence-corrected chi connectivity index (χ1v) is 8.95. The zero-order chi connectivity index (χ0) is 19.3. The zero-order valence-electron chi connectivity index (χ0n) is 15.9. The number of nitrogens with zero attached hydrogens (tertiary/aromatic N) is 3. The topological polar surface area (TPSA) is 67.4 Å². The molecule has 140 valence electrons. The van der Waals surface area contributed by atoms with Crippen molar-refractivity contribution >= 4 is 29.0 Å². The lowest BCUT2D eigenvalue weighted by Gasteiger charge is -2.17. The highest BCUT2D eigenvalue weighted by Crippen LogP contribution is 2.32. The van der Waals surface area contributed by atoms with Gasteiger partial charge in [-0.1, -0.05) is 24.9 Å². The minimum absolute atomic E-state index is 0.119. The van der Waals surface area contributed by atoms with E-state index < -0.39 is 0 Å². The Morgan fingerprint density at radius 3 is 2.65 bits per heavy atom. The maximum Gasteiger partial charge on any atom is 0.272 e. The number of hydrogen-bond donors (Lipinski definition) is 1.